The molecule has 3 nitrogen and oxygen atoms in total. The fraction of sp³-hybridized carbons (Fsp3) is 0.500. The normalized spacial score (nSPS) is 20.7. The van der Waals surface area contributed by atoms with E-state index in [-0.39, 0.29) is 11.8 Å². The van der Waals surface area contributed by atoms with E-state index in [4.69, 9.17) is 9.84 Å². The molecule has 0 unspecified atom stereocenters. The molecule has 0 atom stereocenters. The maximum atomic E-state index is 10.9. The lowest BCUT2D eigenvalue weighted by atomic mass is 9.89. The summed E-state index contributed by atoms with van der Waals surface area (Å²) in [6, 6.07) is 6.39. The lowest BCUT2D eigenvalue weighted by Crippen LogP contribution is -2.15. The molecule has 17 heavy (non-hydrogen) atoms. The van der Waals surface area contributed by atoms with Gasteiger partial charge in [-0.1, -0.05) is 18.2 Å². The van der Waals surface area contributed by atoms with Gasteiger partial charge in [0.05, 0.1) is 19.6 Å². The van der Waals surface area contributed by atoms with Gasteiger partial charge < -0.3 is 9.84 Å². The van der Waals surface area contributed by atoms with Gasteiger partial charge in [0.2, 0.25) is 0 Å². The van der Waals surface area contributed by atoms with Gasteiger partial charge in [-0.3, -0.25) is 4.79 Å². The summed E-state index contributed by atoms with van der Waals surface area (Å²) in [5, 5.41) is 8.97. The van der Waals surface area contributed by atoms with E-state index in [1.165, 1.54) is 16.7 Å². The van der Waals surface area contributed by atoms with Crippen LogP contribution in [0, 0.1) is 0 Å². The van der Waals surface area contributed by atoms with Crippen LogP contribution in [0.25, 0.3) is 0 Å². The molecule has 0 saturated heterocycles. The van der Waals surface area contributed by atoms with Crippen LogP contribution in [0.15, 0.2) is 18.2 Å². The summed E-state index contributed by atoms with van der Waals surface area (Å²) in [5.74, 6) is -0.691. The topological polar surface area (TPSA) is 46.5 Å². The van der Waals surface area contributed by atoms with E-state index in [0.29, 0.717) is 6.61 Å². The standard InChI is InChI=1S/C14H16O3/c15-13(16)8-14(4-5-14)12-2-1-11-9-17-6-3-10(11)7-12/h1-2,7H,3-6,8-9H2,(H,15,16). The van der Waals surface area contributed by atoms with Crippen LogP contribution in [0.4, 0.5) is 0 Å². The third-order valence-corrected chi connectivity index (χ3v) is 3.94. The van der Waals surface area contributed by atoms with Crippen LogP contribution >= 0.6 is 0 Å². The highest BCUT2D eigenvalue weighted by molar-refractivity contribution is 5.70. The smallest absolute Gasteiger partial charge is 0.304 e. The zero-order valence-corrected chi connectivity index (χ0v) is 9.74. The molecule has 1 aliphatic heterocycles. The number of fused-ring (bicyclic) bond motifs is 1. The van der Waals surface area contributed by atoms with Crippen LogP contribution in [0.5, 0.6) is 0 Å². The molecule has 1 aromatic carbocycles. The first-order valence-corrected chi connectivity index (χ1v) is 6.11. The minimum atomic E-state index is -0.691. The molecule has 0 aromatic heterocycles. The second kappa shape index (κ2) is 3.84. The summed E-state index contributed by atoms with van der Waals surface area (Å²) < 4.78 is 5.41. The van der Waals surface area contributed by atoms with Crippen LogP contribution in [0.3, 0.4) is 0 Å². The van der Waals surface area contributed by atoms with Crippen LogP contribution in [-0.4, -0.2) is 17.7 Å². The molecular weight excluding hydrogens is 216 g/mol. The van der Waals surface area contributed by atoms with Crippen LogP contribution < -0.4 is 0 Å². The van der Waals surface area contributed by atoms with Crippen molar-refractivity contribution in [3.63, 3.8) is 0 Å². The number of ether oxygens (including phenoxy) is 1. The van der Waals surface area contributed by atoms with Crippen molar-refractivity contribution in [3.05, 3.63) is 34.9 Å². The molecule has 0 bridgehead atoms. The zero-order valence-electron chi connectivity index (χ0n) is 9.74. The third-order valence-electron chi connectivity index (χ3n) is 3.94. The monoisotopic (exact) mass is 232 g/mol. The van der Waals surface area contributed by atoms with Gasteiger partial charge in [0.1, 0.15) is 0 Å². The Morgan fingerprint density at radius 1 is 1.35 bits per heavy atom. The van der Waals surface area contributed by atoms with Crippen molar-refractivity contribution < 1.29 is 14.6 Å². The van der Waals surface area contributed by atoms with Gasteiger partial charge in [-0.2, -0.15) is 0 Å². The van der Waals surface area contributed by atoms with E-state index in [1.54, 1.807) is 0 Å². The zero-order chi connectivity index (χ0) is 11.9. The molecule has 90 valence electrons. The molecule has 0 radical (unpaired) electrons. The second-order valence-corrected chi connectivity index (χ2v) is 5.14. The van der Waals surface area contributed by atoms with Gasteiger partial charge in [0.25, 0.3) is 0 Å². The highest BCUT2D eigenvalue weighted by Crippen LogP contribution is 2.51. The van der Waals surface area contributed by atoms with Crippen molar-refractivity contribution in [1.29, 1.82) is 0 Å². The Bertz CT molecular complexity index is 461. The molecule has 1 heterocycles. The Morgan fingerprint density at radius 3 is 2.88 bits per heavy atom. The molecule has 1 aromatic rings. The van der Waals surface area contributed by atoms with Gasteiger partial charge in [-0.25, -0.2) is 0 Å². The maximum Gasteiger partial charge on any atom is 0.304 e. The van der Waals surface area contributed by atoms with Gasteiger partial charge in [-0.05, 0) is 36.0 Å². The van der Waals surface area contributed by atoms with E-state index in [1.807, 2.05) is 0 Å². The van der Waals surface area contributed by atoms with Crippen molar-refractivity contribution in [1.82, 2.24) is 0 Å². The molecular formula is C14H16O3. The number of hydrogen-bond acceptors (Lipinski definition) is 2. The van der Waals surface area contributed by atoms with Gasteiger partial charge >= 0.3 is 5.97 Å². The predicted octanol–water partition coefficient (Wildman–Crippen LogP) is 2.27. The lowest BCUT2D eigenvalue weighted by molar-refractivity contribution is -0.137. The van der Waals surface area contributed by atoms with Crippen molar-refractivity contribution in [2.75, 3.05) is 6.61 Å². The minimum Gasteiger partial charge on any atom is -0.481 e. The number of carboxylic acid groups (broad SMARTS) is 1. The summed E-state index contributed by atoms with van der Waals surface area (Å²) in [6.07, 6.45) is 3.23. The lowest BCUT2D eigenvalue weighted by Gasteiger charge is -2.20. The summed E-state index contributed by atoms with van der Waals surface area (Å²) in [7, 11) is 0. The van der Waals surface area contributed by atoms with Crippen molar-refractivity contribution in [3.8, 4) is 0 Å². The fourth-order valence-electron chi connectivity index (χ4n) is 2.70. The number of carbonyl (C=O) groups is 1. The number of hydrogen-bond donors (Lipinski definition) is 1. The number of benzene rings is 1. The van der Waals surface area contributed by atoms with E-state index in [2.05, 4.69) is 18.2 Å². The quantitative estimate of drug-likeness (QED) is 0.869. The Balaban J connectivity index is 1.91. The van der Waals surface area contributed by atoms with E-state index >= 15 is 0 Å². The maximum absolute atomic E-state index is 10.9. The molecule has 2 aliphatic rings. The summed E-state index contributed by atoms with van der Waals surface area (Å²) in [4.78, 5) is 10.9. The van der Waals surface area contributed by atoms with Crippen molar-refractivity contribution in [2.45, 2.75) is 37.7 Å². The third kappa shape index (κ3) is 1.95. The number of aliphatic carboxylic acids is 1. The SMILES string of the molecule is O=C(O)CC1(c2ccc3c(c2)CCOC3)CC1. The minimum absolute atomic E-state index is 0.0703. The van der Waals surface area contributed by atoms with Gasteiger partial charge in [0, 0.05) is 5.41 Å². The highest BCUT2D eigenvalue weighted by Gasteiger charge is 2.46. The van der Waals surface area contributed by atoms with E-state index in [0.717, 1.165) is 25.9 Å². The van der Waals surface area contributed by atoms with Gasteiger partial charge in [-0.15, -0.1) is 0 Å². The Labute approximate surface area is 100 Å². The summed E-state index contributed by atoms with van der Waals surface area (Å²) >= 11 is 0. The Kier molecular flexibility index (Phi) is 2.44. The first kappa shape index (κ1) is 10.8. The second-order valence-electron chi connectivity index (χ2n) is 5.14. The Morgan fingerprint density at radius 2 is 2.18 bits per heavy atom. The largest absolute Gasteiger partial charge is 0.481 e. The average molecular weight is 232 g/mol. The Hall–Kier alpha value is -1.35. The highest BCUT2D eigenvalue weighted by atomic mass is 16.5. The summed E-state index contributed by atoms with van der Waals surface area (Å²) in [6.45, 7) is 1.48. The van der Waals surface area contributed by atoms with Crippen molar-refractivity contribution >= 4 is 5.97 Å². The molecule has 1 N–H and O–H groups in total. The molecule has 3 heteroatoms. The van der Waals surface area contributed by atoms with E-state index < -0.39 is 5.97 Å². The fourth-order valence-corrected chi connectivity index (χ4v) is 2.70. The average Bonchev–Trinajstić information content (AvgIpc) is 3.08. The molecule has 1 saturated carbocycles. The predicted molar refractivity (Wildman–Crippen MR) is 63.0 cm³/mol. The van der Waals surface area contributed by atoms with Crippen LogP contribution in [0.2, 0.25) is 0 Å². The molecule has 3 rings (SSSR count). The van der Waals surface area contributed by atoms with Gasteiger partial charge in [0.15, 0.2) is 0 Å². The first-order valence-electron chi connectivity index (χ1n) is 6.11. The number of carboxylic acids is 1. The van der Waals surface area contributed by atoms with Crippen molar-refractivity contribution in [2.24, 2.45) is 0 Å². The number of rotatable bonds is 3. The molecule has 1 fully saturated rings. The van der Waals surface area contributed by atoms with Crippen LogP contribution in [0.1, 0.15) is 36.0 Å². The molecule has 0 spiro atoms. The first-order chi connectivity index (χ1) is 8.20. The summed E-state index contributed by atoms with van der Waals surface area (Å²) in [5.41, 5.74) is 3.73. The van der Waals surface area contributed by atoms with E-state index in [9.17, 15) is 4.79 Å². The van der Waals surface area contributed by atoms with Crippen LogP contribution in [-0.2, 0) is 28.0 Å². The molecule has 0 amide bonds. The molecule has 1 aliphatic carbocycles.